The van der Waals surface area contributed by atoms with E-state index in [0.717, 1.165) is 0 Å². The number of carboxylic acid groups (broad SMARTS) is 1. The van der Waals surface area contributed by atoms with Gasteiger partial charge in [-0.15, -0.1) is 0 Å². The van der Waals surface area contributed by atoms with Crippen LogP contribution in [0.4, 0.5) is 13.2 Å². The zero-order chi connectivity index (χ0) is 10.1. The van der Waals surface area contributed by atoms with Gasteiger partial charge in [0.2, 0.25) is 0 Å². The molecule has 0 spiro atoms. The predicted molar refractivity (Wildman–Crippen MR) is 38.3 cm³/mol. The van der Waals surface area contributed by atoms with Gasteiger partial charge in [-0.05, 0) is 12.8 Å². The molecule has 1 fully saturated rings. The summed E-state index contributed by atoms with van der Waals surface area (Å²) in [5, 5.41) is 10.6. The minimum Gasteiger partial charge on any atom is -0.481 e. The van der Waals surface area contributed by atoms with Crippen LogP contribution in [0.3, 0.4) is 0 Å². The van der Waals surface area contributed by atoms with Gasteiger partial charge in [0.05, 0.1) is 6.42 Å². The number of hydrogen-bond donors (Lipinski definition) is 2. The Morgan fingerprint density at radius 2 is 2.08 bits per heavy atom. The van der Waals surface area contributed by atoms with Crippen LogP contribution in [-0.4, -0.2) is 29.3 Å². The van der Waals surface area contributed by atoms with Crippen LogP contribution in [0.15, 0.2) is 0 Å². The lowest BCUT2D eigenvalue weighted by Gasteiger charge is -2.15. The van der Waals surface area contributed by atoms with Crippen LogP contribution in [0.5, 0.6) is 0 Å². The fourth-order valence-electron chi connectivity index (χ4n) is 1.45. The molecule has 0 aliphatic carbocycles. The van der Waals surface area contributed by atoms with Gasteiger partial charge in [0, 0.05) is 6.04 Å². The summed E-state index contributed by atoms with van der Waals surface area (Å²) in [6, 6.07) is -2.07. The minimum atomic E-state index is -4.26. The molecule has 2 N–H and O–H groups in total. The summed E-state index contributed by atoms with van der Waals surface area (Å²) in [4.78, 5) is 10.2. The van der Waals surface area contributed by atoms with Gasteiger partial charge >= 0.3 is 12.1 Å². The Morgan fingerprint density at radius 3 is 2.46 bits per heavy atom. The molecule has 6 heteroatoms. The molecule has 0 saturated carbocycles. The molecule has 1 rings (SSSR count). The van der Waals surface area contributed by atoms with Gasteiger partial charge in [0.25, 0.3) is 0 Å². The fourth-order valence-corrected chi connectivity index (χ4v) is 1.45. The number of alkyl halides is 3. The van der Waals surface area contributed by atoms with Crippen molar-refractivity contribution in [3.05, 3.63) is 0 Å². The second-order valence-corrected chi connectivity index (χ2v) is 3.13. The van der Waals surface area contributed by atoms with Crippen LogP contribution in [0.25, 0.3) is 0 Å². The highest BCUT2D eigenvalue weighted by Gasteiger charge is 2.44. The number of halogens is 3. The molecule has 1 aliphatic rings. The van der Waals surface area contributed by atoms with E-state index in [1.807, 2.05) is 0 Å². The van der Waals surface area contributed by atoms with E-state index < -0.39 is 24.2 Å². The molecule has 0 bridgehead atoms. The van der Waals surface area contributed by atoms with E-state index >= 15 is 0 Å². The second kappa shape index (κ2) is 3.53. The molecule has 2 atom stereocenters. The number of carboxylic acids is 1. The first-order valence-corrected chi connectivity index (χ1v) is 3.94. The van der Waals surface area contributed by atoms with E-state index in [1.54, 1.807) is 0 Å². The minimum absolute atomic E-state index is 0.0263. The van der Waals surface area contributed by atoms with E-state index in [2.05, 4.69) is 5.32 Å². The van der Waals surface area contributed by atoms with Crippen LogP contribution < -0.4 is 5.32 Å². The van der Waals surface area contributed by atoms with Crippen LogP contribution in [0, 0.1) is 0 Å². The molecule has 1 aliphatic heterocycles. The Morgan fingerprint density at radius 1 is 1.46 bits per heavy atom. The molecule has 1 heterocycles. The molecule has 0 radical (unpaired) electrons. The molecule has 0 aromatic heterocycles. The molecule has 1 saturated heterocycles. The number of rotatable bonds is 2. The molecule has 13 heavy (non-hydrogen) atoms. The summed E-state index contributed by atoms with van der Waals surface area (Å²) in [6.45, 7) is 0. The van der Waals surface area contributed by atoms with Crippen LogP contribution in [0.2, 0.25) is 0 Å². The first-order valence-electron chi connectivity index (χ1n) is 3.94. The van der Waals surface area contributed by atoms with Gasteiger partial charge in [0.1, 0.15) is 6.04 Å². The van der Waals surface area contributed by atoms with Gasteiger partial charge in [-0.2, -0.15) is 13.2 Å². The van der Waals surface area contributed by atoms with Crippen LogP contribution in [-0.2, 0) is 4.79 Å². The molecule has 0 aromatic rings. The van der Waals surface area contributed by atoms with Crippen molar-refractivity contribution in [3.63, 3.8) is 0 Å². The first kappa shape index (κ1) is 10.3. The van der Waals surface area contributed by atoms with Crippen molar-refractivity contribution >= 4 is 5.97 Å². The number of carbonyl (C=O) groups is 1. The van der Waals surface area contributed by atoms with Crippen molar-refractivity contribution in [2.45, 2.75) is 37.5 Å². The van der Waals surface area contributed by atoms with E-state index in [1.165, 1.54) is 0 Å². The smallest absolute Gasteiger partial charge is 0.403 e. The van der Waals surface area contributed by atoms with E-state index in [9.17, 15) is 18.0 Å². The average molecular weight is 197 g/mol. The maximum absolute atomic E-state index is 12.1. The summed E-state index contributed by atoms with van der Waals surface area (Å²) < 4.78 is 36.2. The van der Waals surface area contributed by atoms with Gasteiger partial charge < -0.3 is 10.4 Å². The highest BCUT2D eigenvalue weighted by atomic mass is 19.4. The van der Waals surface area contributed by atoms with Crippen molar-refractivity contribution in [2.75, 3.05) is 0 Å². The van der Waals surface area contributed by atoms with Crippen molar-refractivity contribution < 1.29 is 23.1 Å². The van der Waals surface area contributed by atoms with Gasteiger partial charge in [-0.25, -0.2) is 0 Å². The fraction of sp³-hybridized carbons (Fsp3) is 0.857. The topological polar surface area (TPSA) is 49.3 Å². The third-order valence-electron chi connectivity index (χ3n) is 2.06. The molecule has 0 amide bonds. The number of hydrogen-bond acceptors (Lipinski definition) is 2. The SMILES string of the molecule is O=C(O)C[C@@H]1CC[C@H](C(F)(F)F)N1. The number of nitrogens with one attached hydrogen (secondary N) is 1. The molecule has 76 valence electrons. The Kier molecular flexibility index (Phi) is 2.80. The quantitative estimate of drug-likeness (QED) is 0.698. The Hall–Kier alpha value is -0.780. The van der Waals surface area contributed by atoms with Crippen LogP contribution in [0.1, 0.15) is 19.3 Å². The first-order chi connectivity index (χ1) is 5.89. The lowest BCUT2D eigenvalue weighted by molar-refractivity contribution is -0.153. The standard InChI is InChI=1S/C7H10F3NO2/c8-7(9,10)5-2-1-4(11-5)3-6(12)13/h4-5,11H,1-3H2,(H,12,13)/t4-,5+/m0/s1. The lowest BCUT2D eigenvalue weighted by Crippen LogP contribution is -2.41. The van der Waals surface area contributed by atoms with Crippen LogP contribution >= 0.6 is 0 Å². The summed E-state index contributed by atoms with van der Waals surface area (Å²) in [5.74, 6) is -1.07. The summed E-state index contributed by atoms with van der Waals surface area (Å²) >= 11 is 0. The molecule has 0 aromatic carbocycles. The Bertz CT molecular complexity index is 204. The average Bonchev–Trinajstić information content (AvgIpc) is 2.32. The van der Waals surface area contributed by atoms with E-state index in [4.69, 9.17) is 5.11 Å². The highest BCUT2D eigenvalue weighted by molar-refractivity contribution is 5.67. The molecule has 3 nitrogen and oxygen atoms in total. The largest absolute Gasteiger partial charge is 0.481 e. The Balaban J connectivity index is 2.41. The van der Waals surface area contributed by atoms with Gasteiger partial charge in [-0.3, -0.25) is 4.79 Å². The highest BCUT2D eigenvalue weighted by Crippen LogP contribution is 2.29. The maximum Gasteiger partial charge on any atom is 0.403 e. The van der Waals surface area contributed by atoms with Crippen molar-refractivity contribution in [1.29, 1.82) is 0 Å². The normalized spacial score (nSPS) is 29.2. The lowest BCUT2D eigenvalue weighted by atomic mass is 10.1. The van der Waals surface area contributed by atoms with E-state index in [-0.39, 0.29) is 19.3 Å². The van der Waals surface area contributed by atoms with Crippen molar-refractivity contribution in [3.8, 4) is 0 Å². The second-order valence-electron chi connectivity index (χ2n) is 3.13. The number of aliphatic carboxylic acids is 1. The van der Waals surface area contributed by atoms with Crippen molar-refractivity contribution in [2.24, 2.45) is 0 Å². The van der Waals surface area contributed by atoms with Gasteiger partial charge in [-0.1, -0.05) is 0 Å². The third-order valence-corrected chi connectivity index (χ3v) is 2.06. The summed E-state index contributed by atoms with van der Waals surface area (Å²) in [5.41, 5.74) is 0. The maximum atomic E-state index is 12.1. The molecule has 0 unspecified atom stereocenters. The molecular weight excluding hydrogens is 187 g/mol. The predicted octanol–water partition coefficient (Wildman–Crippen LogP) is 1.14. The third kappa shape index (κ3) is 2.87. The molecular formula is C7H10F3NO2. The van der Waals surface area contributed by atoms with Crippen molar-refractivity contribution in [1.82, 2.24) is 5.32 Å². The zero-order valence-electron chi connectivity index (χ0n) is 6.77. The summed E-state index contributed by atoms with van der Waals surface area (Å²) in [6.07, 6.45) is -4.25. The zero-order valence-corrected chi connectivity index (χ0v) is 6.77. The Labute approximate surface area is 72.9 Å². The monoisotopic (exact) mass is 197 g/mol. The van der Waals surface area contributed by atoms with Gasteiger partial charge in [0.15, 0.2) is 0 Å². The van der Waals surface area contributed by atoms with E-state index in [0.29, 0.717) is 0 Å². The summed E-state index contributed by atoms with van der Waals surface area (Å²) in [7, 11) is 0.